The number of aliphatic carboxylic acids is 1. The summed E-state index contributed by atoms with van der Waals surface area (Å²) in [6.45, 7) is 4.58. The Morgan fingerprint density at radius 1 is 1.62 bits per heavy atom. The first-order valence-corrected chi connectivity index (χ1v) is 5.37. The third-order valence-electron chi connectivity index (χ3n) is 1.29. The largest absolute Gasteiger partial charge is 0.480 e. The molecule has 0 aromatic heterocycles. The fraction of sp³-hybridized carbons (Fsp3) is 0.875. The van der Waals surface area contributed by atoms with Crippen LogP contribution in [0.4, 0.5) is 0 Å². The standard InChI is InChI=1S/C8H17NO3S/c1-6(2)12-3-4-13-5-7(9)8(10)11/h6-7H,3-5,9H2,1-2H3,(H,10,11). The van der Waals surface area contributed by atoms with Crippen molar-refractivity contribution in [2.24, 2.45) is 5.73 Å². The SMILES string of the molecule is CC(C)OCCSCC(N)C(=O)O. The lowest BCUT2D eigenvalue weighted by Gasteiger charge is -2.08. The average molecular weight is 207 g/mol. The van der Waals surface area contributed by atoms with Crippen molar-refractivity contribution >= 4 is 17.7 Å². The molecule has 0 fully saturated rings. The molecule has 0 aliphatic carbocycles. The summed E-state index contributed by atoms with van der Waals surface area (Å²) in [7, 11) is 0. The topological polar surface area (TPSA) is 72.5 Å². The van der Waals surface area contributed by atoms with Gasteiger partial charge >= 0.3 is 5.97 Å². The summed E-state index contributed by atoms with van der Waals surface area (Å²) in [5.74, 6) is 0.285. The van der Waals surface area contributed by atoms with Crippen molar-refractivity contribution in [1.82, 2.24) is 0 Å². The zero-order valence-electron chi connectivity index (χ0n) is 8.03. The van der Waals surface area contributed by atoms with E-state index in [0.717, 1.165) is 5.75 Å². The normalized spacial score (nSPS) is 13.2. The van der Waals surface area contributed by atoms with E-state index in [1.807, 2.05) is 13.8 Å². The molecule has 0 bridgehead atoms. The van der Waals surface area contributed by atoms with Crippen LogP contribution in [0.2, 0.25) is 0 Å². The van der Waals surface area contributed by atoms with Crippen LogP contribution < -0.4 is 5.73 Å². The molecule has 4 nitrogen and oxygen atoms in total. The number of hydrogen-bond donors (Lipinski definition) is 2. The molecule has 0 aromatic rings. The Balaban J connectivity index is 3.21. The van der Waals surface area contributed by atoms with Gasteiger partial charge in [0.15, 0.2) is 0 Å². The second kappa shape index (κ2) is 7.17. The number of ether oxygens (including phenoxy) is 1. The molecular formula is C8H17NO3S. The van der Waals surface area contributed by atoms with Crippen LogP contribution in [0.3, 0.4) is 0 Å². The first-order valence-electron chi connectivity index (χ1n) is 4.21. The van der Waals surface area contributed by atoms with Crippen LogP contribution in [0.15, 0.2) is 0 Å². The van der Waals surface area contributed by atoms with Crippen LogP contribution in [-0.2, 0) is 9.53 Å². The average Bonchev–Trinajstić information content (AvgIpc) is 2.02. The molecule has 0 saturated carbocycles. The lowest BCUT2D eigenvalue weighted by molar-refractivity contribution is -0.137. The molecule has 0 heterocycles. The van der Waals surface area contributed by atoms with E-state index in [4.69, 9.17) is 15.6 Å². The third-order valence-corrected chi connectivity index (χ3v) is 2.34. The highest BCUT2D eigenvalue weighted by Gasteiger charge is 2.10. The van der Waals surface area contributed by atoms with Crippen molar-refractivity contribution < 1.29 is 14.6 Å². The van der Waals surface area contributed by atoms with Gasteiger partial charge in [-0.2, -0.15) is 11.8 Å². The molecule has 0 spiro atoms. The van der Waals surface area contributed by atoms with E-state index < -0.39 is 12.0 Å². The van der Waals surface area contributed by atoms with Crippen molar-refractivity contribution in [3.05, 3.63) is 0 Å². The Hall–Kier alpha value is -0.260. The van der Waals surface area contributed by atoms with Gasteiger partial charge in [-0.05, 0) is 13.8 Å². The van der Waals surface area contributed by atoms with Gasteiger partial charge < -0.3 is 15.6 Å². The van der Waals surface area contributed by atoms with Crippen LogP contribution in [0.25, 0.3) is 0 Å². The number of hydrogen-bond acceptors (Lipinski definition) is 4. The third kappa shape index (κ3) is 8.08. The van der Waals surface area contributed by atoms with Crippen LogP contribution in [0.5, 0.6) is 0 Å². The van der Waals surface area contributed by atoms with Gasteiger partial charge in [-0.25, -0.2) is 0 Å². The molecule has 0 rings (SSSR count). The predicted molar refractivity (Wildman–Crippen MR) is 54.0 cm³/mol. The van der Waals surface area contributed by atoms with Crippen LogP contribution in [0, 0.1) is 0 Å². The van der Waals surface area contributed by atoms with Crippen molar-refractivity contribution in [1.29, 1.82) is 0 Å². The summed E-state index contributed by atoms with van der Waals surface area (Å²) in [4.78, 5) is 10.3. The number of rotatable bonds is 7. The molecule has 0 radical (unpaired) electrons. The van der Waals surface area contributed by atoms with E-state index in [1.165, 1.54) is 11.8 Å². The first kappa shape index (κ1) is 12.7. The maximum atomic E-state index is 10.3. The number of carboxylic acid groups (broad SMARTS) is 1. The van der Waals surface area contributed by atoms with Gasteiger partial charge in [-0.15, -0.1) is 0 Å². The first-order chi connectivity index (χ1) is 6.04. The molecule has 0 aromatic carbocycles. The van der Waals surface area contributed by atoms with Gasteiger partial charge in [0.25, 0.3) is 0 Å². The smallest absolute Gasteiger partial charge is 0.321 e. The molecule has 3 N–H and O–H groups in total. The Kier molecular flexibility index (Phi) is 7.03. The second-order valence-corrected chi connectivity index (χ2v) is 4.09. The van der Waals surface area contributed by atoms with Gasteiger partial charge in [0.05, 0.1) is 12.7 Å². The predicted octanol–water partition coefficient (Wildman–Crippen LogP) is 0.556. The van der Waals surface area contributed by atoms with Gasteiger partial charge in [0.2, 0.25) is 0 Å². The molecule has 78 valence electrons. The molecule has 13 heavy (non-hydrogen) atoms. The fourth-order valence-corrected chi connectivity index (χ4v) is 1.40. The second-order valence-electron chi connectivity index (χ2n) is 2.94. The highest BCUT2D eigenvalue weighted by atomic mass is 32.2. The molecule has 1 unspecified atom stereocenters. The minimum absolute atomic E-state index is 0.230. The van der Waals surface area contributed by atoms with Crippen molar-refractivity contribution in [3.8, 4) is 0 Å². The summed E-state index contributed by atoms with van der Waals surface area (Å²) in [6.07, 6.45) is 0.230. The van der Waals surface area contributed by atoms with E-state index in [1.54, 1.807) is 0 Å². The number of carbonyl (C=O) groups is 1. The van der Waals surface area contributed by atoms with Crippen molar-refractivity contribution in [2.45, 2.75) is 26.0 Å². The highest BCUT2D eigenvalue weighted by Crippen LogP contribution is 2.02. The molecule has 1 atom stereocenters. The van der Waals surface area contributed by atoms with Crippen molar-refractivity contribution in [2.75, 3.05) is 18.1 Å². The number of nitrogens with two attached hydrogens (primary N) is 1. The van der Waals surface area contributed by atoms with Crippen LogP contribution in [0.1, 0.15) is 13.8 Å². The van der Waals surface area contributed by atoms with Gasteiger partial charge in [-0.1, -0.05) is 0 Å². The van der Waals surface area contributed by atoms with E-state index in [9.17, 15) is 4.79 Å². The number of thioether (sulfide) groups is 1. The molecule has 0 saturated heterocycles. The fourth-order valence-electron chi connectivity index (χ4n) is 0.624. The highest BCUT2D eigenvalue weighted by molar-refractivity contribution is 7.99. The maximum absolute atomic E-state index is 10.3. The Labute approximate surface area is 82.8 Å². The Bertz CT molecular complexity index is 152. The molecule has 0 aliphatic rings. The summed E-state index contributed by atoms with van der Waals surface area (Å²) in [5, 5.41) is 8.46. The summed E-state index contributed by atoms with van der Waals surface area (Å²) >= 11 is 1.50. The molecular weight excluding hydrogens is 190 g/mol. The van der Waals surface area contributed by atoms with E-state index in [2.05, 4.69) is 0 Å². The number of carboxylic acids is 1. The summed E-state index contributed by atoms with van der Waals surface area (Å²) in [5.41, 5.74) is 5.30. The lowest BCUT2D eigenvalue weighted by Crippen LogP contribution is -2.32. The van der Waals surface area contributed by atoms with E-state index in [0.29, 0.717) is 12.4 Å². The summed E-state index contributed by atoms with van der Waals surface area (Å²) < 4.78 is 5.28. The van der Waals surface area contributed by atoms with Crippen molar-refractivity contribution in [3.63, 3.8) is 0 Å². The lowest BCUT2D eigenvalue weighted by atomic mass is 10.4. The summed E-state index contributed by atoms with van der Waals surface area (Å²) in [6, 6.07) is -0.760. The van der Waals surface area contributed by atoms with Crippen LogP contribution in [-0.4, -0.2) is 41.3 Å². The van der Waals surface area contributed by atoms with Gasteiger partial charge in [0.1, 0.15) is 6.04 Å². The maximum Gasteiger partial charge on any atom is 0.321 e. The minimum Gasteiger partial charge on any atom is -0.480 e. The molecule has 5 heteroatoms. The van der Waals surface area contributed by atoms with E-state index in [-0.39, 0.29) is 6.10 Å². The molecule has 0 aliphatic heterocycles. The Morgan fingerprint density at radius 2 is 2.23 bits per heavy atom. The Morgan fingerprint density at radius 3 is 2.69 bits per heavy atom. The quantitative estimate of drug-likeness (QED) is 0.597. The van der Waals surface area contributed by atoms with E-state index >= 15 is 0 Å². The van der Waals surface area contributed by atoms with Gasteiger partial charge in [-0.3, -0.25) is 4.79 Å². The van der Waals surface area contributed by atoms with Crippen LogP contribution >= 0.6 is 11.8 Å². The zero-order valence-corrected chi connectivity index (χ0v) is 8.84. The molecule has 0 amide bonds. The zero-order chi connectivity index (χ0) is 10.3. The minimum atomic E-state index is -0.947. The monoisotopic (exact) mass is 207 g/mol. The van der Waals surface area contributed by atoms with Gasteiger partial charge in [0, 0.05) is 11.5 Å².